The van der Waals surface area contributed by atoms with Gasteiger partial charge in [0.1, 0.15) is 0 Å². The number of aromatic amines is 1. The van der Waals surface area contributed by atoms with E-state index < -0.39 is 12.1 Å². The van der Waals surface area contributed by atoms with Crippen molar-refractivity contribution < 1.29 is 9.53 Å². The number of aromatic nitrogens is 2. The zero-order valence-electron chi connectivity index (χ0n) is 13.6. The predicted molar refractivity (Wildman–Crippen MR) is 92.0 cm³/mol. The Balaban J connectivity index is 1.82. The first kappa shape index (κ1) is 15.9. The van der Waals surface area contributed by atoms with Crippen molar-refractivity contribution >= 4 is 16.9 Å². The monoisotopic (exact) mass is 322 g/mol. The topological polar surface area (TPSA) is 72.0 Å². The second-order valence-corrected chi connectivity index (χ2v) is 5.57. The molecule has 3 rings (SSSR count). The number of carbonyl (C=O) groups excluding carboxylic acids is 1. The number of para-hydroxylation sites is 1. The lowest BCUT2D eigenvalue weighted by molar-refractivity contribution is 0.0320. The van der Waals surface area contributed by atoms with Gasteiger partial charge in [0.15, 0.2) is 11.9 Å². The van der Waals surface area contributed by atoms with Gasteiger partial charge < -0.3 is 9.72 Å². The van der Waals surface area contributed by atoms with Crippen LogP contribution in [0.2, 0.25) is 0 Å². The van der Waals surface area contributed by atoms with Crippen LogP contribution in [0.5, 0.6) is 0 Å². The smallest absolute Gasteiger partial charge is 0.338 e. The molecular formula is C19H18N2O3. The minimum absolute atomic E-state index is 0.245. The lowest BCUT2D eigenvalue weighted by atomic mass is 10.1. The molecule has 5 heteroatoms. The standard InChI is InChI=1S/C19H18N2O3/c1-3-13-8-10-14(11-9-13)19(23)24-12(2)17-20-16-7-5-4-6-15(16)18(22)21-17/h4-12H,3H2,1-2H3,(H,20,21,22)/t12-/m1/s1. The number of carbonyl (C=O) groups is 1. The summed E-state index contributed by atoms with van der Waals surface area (Å²) in [6.07, 6.45) is 0.259. The van der Waals surface area contributed by atoms with Gasteiger partial charge in [-0.2, -0.15) is 0 Å². The van der Waals surface area contributed by atoms with Crippen molar-refractivity contribution in [3.8, 4) is 0 Å². The molecule has 122 valence electrons. The molecule has 0 amide bonds. The van der Waals surface area contributed by atoms with E-state index in [9.17, 15) is 9.59 Å². The SMILES string of the molecule is CCc1ccc(C(=O)O[C@H](C)c2nc3ccccc3c(=O)[nH]2)cc1. The molecule has 0 fully saturated rings. The van der Waals surface area contributed by atoms with Gasteiger partial charge in [-0.15, -0.1) is 0 Å². The third-order valence-electron chi connectivity index (χ3n) is 3.90. The molecule has 5 nitrogen and oxygen atoms in total. The second kappa shape index (κ2) is 6.66. The number of H-pyrrole nitrogens is 1. The molecule has 1 N–H and O–H groups in total. The Morgan fingerprint density at radius 1 is 1.17 bits per heavy atom. The average molecular weight is 322 g/mol. The van der Waals surface area contributed by atoms with E-state index in [1.807, 2.05) is 18.2 Å². The molecule has 0 spiro atoms. The zero-order chi connectivity index (χ0) is 17.1. The molecular weight excluding hydrogens is 304 g/mol. The Kier molecular flexibility index (Phi) is 4.42. The minimum atomic E-state index is -0.652. The quantitative estimate of drug-likeness (QED) is 0.747. The van der Waals surface area contributed by atoms with Gasteiger partial charge in [0, 0.05) is 0 Å². The van der Waals surface area contributed by atoms with Crippen LogP contribution in [0.4, 0.5) is 0 Å². The Morgan fingerprint density at radius 3 is 2.58 bits per heavy atom. The van der Waals surface area contributed by atoms with E-state index in [2.05, 4.69) is 16.9 Å². The maximum Gasteiger partial charge on any atom is 0.338 e. The molecule has 1 atom stereocenters. The van der Waals surface area contributed by atoms with Gasteiger partial charge in [-0.1, -0.05) is 31.2 Å². The normalized spacial score (nSPS) is 12.1. The van der Waals surface area contributed by atoms with Crippen molar-refractivity contribution in [1.29, 1.82) is 0 Å². The first-order chi connectivity index (χ1) is 11.6. The number of hydrogen-bond acceptors (Lipinski definition) is 4. The number of nitrogens with zero attached hydrogens (tertiary/aromatic N) is 1. The van der Waals surface area contributed by atoms with Gasteiger partial charge in [0.05, 0.1) is 16.5 Å². The molecule has 0 saturated carbocycles. The fourth-order valence-corrected chi connectivity index (χ4v) is 2.46. The van der Waals surface area contributed by atoms with Gasteiger partial charge in [-0.05, 0) is 43.2 Å². The van der Waals surface area contributed by atoms with E-state index >= 15 is 0 Å². The average Bonchev–Trinajstić information content (AvgIpc) is 2.61. The van der Waals surface area contributed by atoms with Crippen molar-refractivity contribution in [2.75, 3.05) is 0 Å². The number of hydrogen-bond donors (Lipinski definition) is 1. The maximum absolute atomic E-state index is 12.2. The molecule has 0 bridgehead atoms. The number of rotatable bonds is 4. The highest BCUT2D eigenvalue weighted by molar-refractivity contribution is 5.89. The summed E-state index contributed by atoms with van der Waals surface area (Å²) < 4.78 is 5.43. The summed E-state index contributed by atoms with van der Waals surface area (Å²) in [4.78, 5) is 31.4. The summed E-state index contributed by atoms with van der Waals surface area (Å²) in [7, 11) is 0. The number of ether oxygens (including phenoxy) is 1. The molecule has 2 aromatic carbocycles. The first-order valence-corrected chi connectivity index (χ1v) is 7.87. The number of esters is 1. The van der Waals surface area contributed by atoms with Crippen molar-refractivity contribution in [3.63, 3.8) is 0 Å². The van der Waals surface area contributed by atoms with Crippen LogP contribution in [-0.2, 0) is 11.2 Å². The van der Waals surface area contributed by atoms with Crippen molar-refractivity contribution in [2.24, 2.45) is 0 Å². The Bertz CT molecular complexity index is 929. The molecule has 0 aliphatic heterocycles. The van der Waals surface area contributed by atoms with E-state index in [4.69, 9.17) is 4.74 Å². The molecule has 0 unspecified atom stereocenters. The number of fused-ring (bicyclic) bond motifs is 1. The van der Waals surface area contributed by atoms with Gasteiger partial charge in [-0.25, -0.2) is 9.78 Å². The minimum Gasteiger partial charge on any atom is -0.451 e. The summed E-state index contributed by atoms with van der Waals surface area (Å²) in [6, 6.07) is 14.3. The molecule has 3 aromatic rings. The fraction of sp³-hybridized carbons (Fsp3) is 0.211. The van der Waals surface area contributed by atoms with Crippen LogP contribution in [0, 0.1) is 0 Å². The summed E-state index contributed by atoms with van der Waals surface area (Å²) in [6.45, 7) is 3.74. The third kappa shape index (κ3) is 3.20. The van der Waals surface area contributed by atoms with Crippen LogP contribution < -0.4 is 5.56 Å². The molecule has 0 saturated heterocycles. The zero-order valence-corrected chi connectivity index (χ0v) is 13.6. The van der Waals surface area contributed by atoms with Crippen molar-refractivity contribution in [3.05, 3.63) is 75.8 Å². The highest BCUT2D eigenvalue weighted by atomic mass is 16.5. The van der Waals surface area contributed by atoms with Crippen LogP contribution in [0.25, 0.3) is 10.9 Å². The predicted octanol–water partition coefficient (Wildman–Crippen LogP) is 3.40. The summed E-state index contributed by atoms with van der Waals surface area (Å²) >= 11 is 0. The largest absolute Gasteiger partial charge is 0.451 e. The number of aryl methyl sites for hydroxylation is 1. The van der Waals surface area contributed by atoms with Crippen molar-refractivity contribution in [2.45, 2.75) is 26.4 Å². The molecule has 0 aliphatic rings. The van der Waals surface area contributed by atoms with Crippen LogP contribution in [0.1, 0.15) is 41.7 Å². The van der Waals surface area contributed by atoms with Gasteiger partial charge in [-0.3, -0.25) is 4.79 Å². The lowest BCUT2D eigenvalue weighted by Crippen LogP contribution is -2.17. The van der Waals surface area contributed by atoms with Gasteiger partial charge in [0.25, 0.3) is 5.56 Å². The Hall–Kier alpha value is -2.95. The fourth-order valence-electron chi connectivity index (χ4n) is 2.46. The van der Waals surface area contributed by atoms with E-state index in [1.54, 1.807) is 37.3 Å². The molecule has 0 radical (unpaired) electrons. The van der Waals surface area contributed by atoms with Gasteiger partial charge >= 0.3 is 5.97 Å². The summed E-state index contributed by atoms with van der Waals surface area (Å²) in [5, 5.41) is 0.509. The van der Waals surface area contributed by atoms with Crippen LogP contribution in [0.15, 0.2) is 53.3 Å². The second-order valence-electron chi connectivity index (χ2n) is 5.57. The summed E-state index contributed by atoms with van der Waals surface area (Å²) in [5.41, 5.74) is 1.96. The van der Waals surface area contributed by atoms with Crippen LogP contribution in [0.3, 0.4) is 0 Å². The van der Waals surface area contributed by atoms with E-state index in [-0.39, 0.29) is 5.56 Å². The molecule has 0 aliphatic carbocycles. The van der Waals surface area contributed by atoms with E-state index in [1.165, 1.54) is 0 Å². The lowest BCUT2D eigenvalue weighted by Gasteiger charge is -2.13. The highest BCUT2D eigenvalue weighted by Crippen LogP contribution is 2.17. The van der Waals surface area contributed by atoms with Crippen LogP contribution in [-0.4, -0.2) is 15.9 Å². The number of benzene rings is 2. The van der Waals surface area contributed by atoms with Gasteiger partial charge in [0.2, 0.25) is 0 Å². The molecule has 1 heterocycles. The van der Waals surface area contributed by atoms with E-state index in [0.29, 0.717) is 22.3 Å². The first-order valence-electron chi connectivity index (χ1n) is 7.87. The molecule has 1 aromatic heterocycles. The number of nitrogens with one attached hydrogen (secondary N) is 1. The van der Waals surface area contributed by atoms with Crippen LogP contribution >= 0.6 is 0 Å². The molecule has 24 heavy (non-hydrogen) atoms. The Morgan fingerprint density at radius 2 is 1.88 bits per heavy atom. The van der Waals surface area contributed by atoms with E-state index in [0.717, 1.165) is 12.0 Å². The maximum atomic E-state index is 12.2. The summed E-state index contributed by atoms with van der Waals surface area (Å²) in [5.74, 6) is -0.113. The highest BCUT2D eigenvalue weighted by Gasteiger charge is 2.16. The Labute approximate surface area is 139 Å². The third-order valence-corrected chi connectivity index (χ3v) is 3.90. The van der Waals surface area contributed by atoms with Crippen molar-refractivity contribution in [1.82, 2.24) is 9.97 Å².